The van der Waals surface area contributed by atoms with Gasteiger partial charge in [0.2, 0.25) is 5.91 Å². The van der Waals surface area contributed by atoms with Gasteiger partial charge in [0.1, 0.15) is 0 Å². The summed E-state index contributed by atoms with van der Waals surface area (Å²) < 4.78 is 5.94. The number of hydrogen-bond donors (Lipinski definition) is 0. The third-order valence-corrected chi connectivity index (χ3v) is 4.87. The first-order valence-corrected chi connectivity index (χ1v) is 8.54. The van der Waals surface area contributed by atoms with Crippen LogP contribution < -0.4 is 0 Å². The summed E-state index contributed by atoms with van der Waals surface area (Å²) in [4.78, 5) is 14.4. The zero-order valence-electron chi connectivity index (χ0n) is 14.1. The van der Waals surface area contributed by atoms with Crippen molar-refractivity contribution >= 4 is 5.91 Å². The average molecular weight is 303 g/mol. The molecule has 0 bridgehead atoms. The van der Waals surface area contributed by atoms with Gasteiger partial charge in [0.15, 0.2) is 0 Å². The van der Waals surface area contributed by atoms with Gasteiger partial charge in [0.25, 0.3) is 0 Å². The van der Waals surface area contributed by atoms with E-state index >= 15 is 0 Å². The number of ether oxygens (including phenoxy) is 1. The highest BCUT2D eigenvalue weighted by atomic mass is 16.5. The van der Waals surface area contributed by atoms with Crippen LogP contribution in [0.5, 0.6) is 0 Å². The molecule has 0 spiro atoms. The van der Waals surface area contributed by atoms with Gasteiger partial charge in [0, 0.05) is 13.0 Å². The Hall–Kier alpha value is -1.35. The molecule has 0 N–H and O–H groups in total. The lowest BCUT2D eigenvalue weighted by Crippen LogP contribution is -2.53. The molecule has 22 heavy (non-hydrogen) atoms. The molecule has 0 aromatic heterocycles. The van der Waals surface area contributed by atoms with Gasteiger partial charge >= 0.3 is 0 Å². The van der Waals surface area contributed by atoms with Crippen molar-refractivity contribution < 1.29 is 9.53 Å². The molecule has 1 amide bonds. The van der Waals surface area contributed by atoms with E-state index in [2.05, 4.69) is 37.8 Å². The zero-order valence-corrected chi connectivity index (χ0v) is 14.1. The smallest absolute Gasteiger partial charge is 0.223 e. The lowest BCUT2D eigenvalue weighted by atomic mass is 9.82. The second-order valence-corrected chi connectivity index (χ2v) is 6.55. The maximum absolute atomic E-state index is 12.4. The van der Waals surface area contributed by atoms with Crippen molar-refractivity contribution in [2.45, 2.75) is 52.7 Å². The number of rotatable bonds is 7. The van der Waals surface area contributed by atoms with Crippen LogP contribution in [0.15, 0.2) is 30.3 Å². The zero-order chi connectivity index (χ0) is 15.9. The summed E-state index contributed by atoms with van der Waals surface area (Å²) in [7, 11) is 0. The summed E-state index contributed by atoms with van der Waals surface area (Å²) in [5.74, 6) is 1.23. The maximum Gasteiger partial charge on any atom is 0.223 e. The number of likely N-dealkylation sites (tertiary alicyclic amines) is 1. The number of carbonyl (C=O) groups excluding carboxylic acids is 1. The summed E-state index contributed by atoms with van der Waals surface area (Å²) in [5, 5.41) is 0. The fourth-order valence-corrected chi connectivity index (χ4v) is 3.16. The minimum absolute atomic E-state index is 0.214. The van der Waals surface area contributed by atoms with Crippen LogP contribution in [0.4, 0.5) is 0 Å². The van der Waals surface area contributed by atoms with Gasteiger partial charge in [-0.3, -0.25) is 4.79 Å². The number of unbranched alkanes of at least 4 members (excludes halogenated alkanes) is 1. The van der Waals surface area contributed by atoms with E-state index in [1.807, 2.05) is 18.2 Å². The monoisotopic (exact) mass is 303 g/mol. The summed E-state index contributed by atoms with van der Waals surface area (Å²) in [6.07, 6.45) is 2.87. The molecule has 2 rings (SSSR count). The van der Waals surface area contributed by atoms with Gasteiger partial charge in [-0.1, -0.05) is 57.5 Å². The minimum Gasteiger partial charge on any atom is -0.375 e. The van der Waals surface area contributed by atoms with Crippen LogP contribution in [-0.2, 0) is 16.1 Å². The van der Waals surface area contributed by atoms with Gasteiger partial charge < -0.3 is 9.64 Å². The van der Waals surface area contributed by atoms with Crippen molar-refractivity contribution in [2.75, 3.05) is 13.2 Å². The van der Waals surface area contributed by atoms with Gasteiger partial charge in [0.05, 0.1) is 19.3 Å². The number of piperidine rings is 1. The van der Waals surface area contributed by atoms with Gasteiger partial charge in [-0.05, 0) is 23.8 Å². The van der Waals surface area contributed by atoms with Crippen molar-refractivity contribution in [3.05, 3.63) is 35.9 Å². The predicted molar refractivity (Wildman–Crippen MR) is 89.5 cm³/mol. The first-order chi connectivity index (χ1) is 10.6. The van der Waals surface area contributed by atoms with E-state index in [-0.39, 0.29) is 6.04 Å². The minimum atomic E-state index is 0.214. The lowest BCUT2D eigenvalue weighted by Gasteiger charge is -2.43. The standard InChI is InChI=1S/C19H29NO2/c1-4-5-11-20-18(16(3)15(2)12-19(20)21)14-22-13-17-9-7-6-8-10-17/h6-10,15-16,18H,4-5,11-14H2,1-3H3. The summed E-state index contributed by atoms with van der Waals surface area (Å²) in [5.41, 5.74) is 1.19. The molecule has 122 valence electrons. The van der Waals surface area contributed by atoms with Crippen LogP contribution in [0.2, 0.25) is 0 Å². The van der Waals surface area contributed by atoms with Crippen LogP contribution in [0.1, 0.15) is 45.6 Å². The Labute approximate surface area is 134 Å². The Morgan fingerprint density at radius 3 is 2.64 bits per heavy atom. The third-order valence-electron chi connectivity index (χ3n) is 4.87. The Bertz CT molecular complexity index is 460. The van der Waals surface area contributed by atoms with Crippen molar-refractivity contribution in [3.63, 3.8) is 0 Å². The number of amides is 1. The quantitative estimate of drug-likeness (QED) is 0.765. The van der Waals surface area contributed by atoms with E-state index in [1.54, 1.807) is 0 Å². The van der Waals surface area contributed by atoms with E-state index in [9.17, 15) is 4.79 Å². The first kappa shape index (κ1) is 17.0. The average Bonchev–Trinajstić information content (AvgIpc) is 2.52. The SMILES string of the molecule is CCCCN1C(=O)CC(C)C(C)C1COCc1ccccc1. The Morgan fingerprint density at radius 1 is 1.23 bits per heavy atom. The second kappa shape index (κ2) is 8.33. The molecule has 1 aromatic carbocycles. The number of nitrogens with zero attached hydrogens (tertiary/aromatic N) is 1. The van der Waals surface area contributed by atoms with E-state index in [0.717, 1.165) is 19.4 Å². The highest BCUT2D eigenvalue weighted by molar-refractivity contribution is 5.77. The molecule has 3 atom stereocenters. The molecule has 1 heterocycles. The molecule has 1 fully saturated rings. The Morgan fingerprint density at radius 2 is 1.95 bits per heavy atom. The molecule has 1 aliphatic heterocycles. The van der Waals surface area contributed by atoms with Crippen LogP contribution in [0, 0.1) is 11.8 Å². The van der Waals surface area contributed by atoms with Crippen molar-refractivity contribution in [2.24, 2.45) is 11.8 Å². The fraction of sp³-hybridized carbons (Fsp3) is 0.632. The second-order valence-electron chi connectivity index (χ2n) is 6.55. The maximum atomic E-state index is 12.4. The summed E-state index contributed by atoms with van der Waals surface area (Å²) in [6, 6.07) is 10.4. The predicted octanol–water partition coefficient (Wildman–Crippen LogP) is 3.88. The van der Waals surface area contributed by atoms with Crippen molar-refractivity contribution in [1.82, 2.24) is 4.90 Å². The van der Waals surface area contributed by atoms with Crippen molar-refractivity contribution in [1.29, 1.82) is 0 Å². The molecule has 1 saturated heterocycles. The molecule has 3 unspecified atom stereocenters. The highest BCUT2D eigenvalue weighted by Gasteiger charge is 2.37. The Balaban J connectivity index is 1.95. The highest BCUT2D eigenvalue weighted by Crippen LogP contribution is 2.30. The van der Waals surface area contributed by atoms with Gasteiger partial charge in [-0.15, -0.1) is 0 Å². The molecule has 3 nitrogen and oxygen atoms in total. The first-order valence-electron chi connectivity index (χ1n) is 8.54. The lowest BCUT2D eigenvalue weighted by molar-refractivity contribution is -0.144. The number of carbonyl (C=O) groups is 1. The molecular formula is C19H29NO2. The van der Waals surface area contributed by atoms with Crippen LogP contribution >= 0.6 is 0 Å². The normalized spacial score (nSPS) is 25.5. The molecular weight excluding hydrogens is 274 g/mol. The van der Waals surface area contributed by atoms with E-state index in [0.29, 0.717) is 37.4 Å². The van der Waals surface area contributed by atoms with E-state index < -0.39 is 0 Å². The van der Waals surface area contributed by atoms with Crippen molar-refractivity contribution in [3.8, 4) is 0 Å². The summed E-state index contributed by atoms with van der Waals surface area (Å²) in [6.45, 7) is 8.73. The number of benzene rings is 1. The van der Waals surface area contributed by atoms with E-state index in [4.69, 9.17) is 4.74 Å². The van der Waals surface area contributed by atoms with Gasteiger partial charge in [-0.25, -0.2) is 0 Å². The molecule has 0 aliphatic carbocycles. The molecule has 3 heteroatoms. The fourth-order valence-electron chi connectivity index (χ4n) is 3.16. The molecule has 1 aromatic rings. The van der Waals surface area contributed by atoms with Crippen LogP contribution in [-0.4, -0.2) is 30.0 Å². The Kier molecular flexibility index (Phi) is 6.44. The summed E-state index contributed by atoms with van der Waals surface area (Å²) >= 11 is 0. The van der Waals surface area contributed by atoms with E-state index in [1.165, 1.54) is 5.56 Å². The molecule has 0 radical (unpaired) electrons. The third kappa shape index (κ3) is 4.33. The largest absolute Gasteiger partial charge is 0.375 e. The van der Waals surface area contributed by atoms with Crippen LogP contribution in [0.3, 0.4) is 0 Å². The van der Waals surface area contributed by atoms with Gasteiger partial charge in [-0.2, -0.15) is 0 Å². The molecule has 0 saturated carbocycles. The molecule has 1 aliphatic rings. The van der Waals surface area contributed by atoms with Crippen LogP contribution in [0.25, 0.3) is 0 Å². The number of hydrogen-bond acceptors (Lipinski definition) is 2. The topological polar surface area (TPSA) is 29.5 Å².